The van der Waals surface area contributed by atoms with Crippen LogP contribution in [0.2, 0.25) is 0 Å². The van der Waals surface area contributed by atoms with E-state index in [-0.39, 0.29) is 12.0 Å². The van der Waals surface area contributed by atoms with Crippen molar-refractivity contribution in [1.29, 1.82) is 0 Å². The van der Waals surface area contributed by atoms with Gasteiger partial charge in [-0.25, -0.2) is 9.97 Å². The van der Waals surface area contributed by atoms with Crippen molar-refractivity contribution >= 4 is 0 Å². The Morgan fingerprint density at radius 1 is 0.778 bits per heavy atom. The van der Waals surface area contributed by atoms with E-state index in [1.54, 1.807) is 26.5 Å². The van der Waals surface area contributed by atoms with E-state index in [2.05, 4.69) is 46.4 Å². The van der Waals surface area contributed by atoms with Crippen molar-refractivity contribution in [3.63, 3.8) is 0 Å². The number of rotatable bonds is 10. The molecular weight excluding hydrogens is 452 g/mol. The van der Waals surface area contributed by atoms with Gasteiger partial charge in [-0.05, 0) is 59.9 Å². The summed E-state index contributed by atoms with van der Waals surface area (Å²) in [5, 5.41) is 9.60. The maximum Gasteiger partial charge on any atom is 0.143 e. The first-order chi connectivity index (χ1) is 17.6. The number of ether oxygens (including phenoxy) is 3. The van der Waals surface area contributed by atoms with Crippen LogP contribution in [0.25, 0.3) is 0 Å². The number of hydrogen-bond donors (Lipinski definition) is 1. The van der Waals surface area contributed by atoms with E-state index in [1.807, 2.05) is 42.5 Å². The first-order valence-electron chi connectivity index (χ1n) is 12.1. The highest BCUT2D eigenvalue weighted by atomic mass is 16.5. The maximum absolute atomic E-state index is 9.60. The van der Waals surface area contributed by atoms with Crippen LogP contribution < -0.4 is 9.47 Å². The van der Waals surface area contributed by atoms with E-state index >= 15 is 0 Å². The lowest BCUT2D eigenvalue weighted by molar-refractivity contribution is -0.00162. The predicted octanol–water partition coefficient (Wildman–Crippen LogP) is 5.03. The largest absolute Gasteiger partial charge is 0.497 e. The minimum absolute atomic E-state index is 0.113. The third-order valence-electron chi connectivity index (χ3n) is 6.94. The van der Waals surface area contributed by atoms with Gasteiger partial charge in [0.1, 0.15) is 22.9 Å². The molecule has 0 spiro atoms. The summed E-state index contributed by atoms with van der Waals surface area (Å²) in [5.74, 6) is 2.28. The Morgan fingerprint density at radius 3 is 1.83 bits per heavy atom. The summed E-state index contributed by atoms with van der Waals surface area (Å²) in [6, 6.07) is 28.0. The van der Waals surface area contributed by atoms with Crippen LogP contribution in [0.3, 0.4) is 0 Å². The molecule has 0 saturated heterocycles. The first kappa shape index (κ1) is 24.0. The van der Waals surface area contributed by atoms with E-state index < -0.39 is 5.60 Å². The topological polar surface area (TPSA) is 73.7 Å². The van der Waals surface area contributed by atoms with Gasteiger partial charge in [-0.3, -0.25) is 0 Å². The average Bonchev–Trinajstić information content (AvgIpc) is 3.76. The van der Waals surface area contributed by atoms with Crippen molar-refractivity contribution in [2.24, 2.45) is 0 Å². The molecule has 0 unspecified atom stereocenters. The van der Waals surface area contributed by atoms with Crippen molar-refractivity contribution in [3.05, 3.63) is 119 Å². The summed E-state index contributed by atoms with van der Waals surface area (Å²) in [4.78, 5) is 9.17. The van der Waals surface area contributed by atoms with Gasteiger partial charge in [0.15, 0.2) is 0 Å². The van der Waals surface area contributed by atoms with Crippen molar-refractivity contribution in [3.8, 4) is 11.5 Å². The van der Waals surface area contributed by atoms with E-state index in [0.717, 1.165) is 46.9 Å². The van der Waals surface area contributed by atoms with Gasteiger partial charge >= 0.3 is 0 Å². The average molecular weight is 483 g/mol. The summed E-state index contributed by atoms with van der Waals surface area (Å²) in [7, 11) is 3.33. The second-order valence-corrected chi connectivity index (χ2v) is 9.10. The van der Waals surface area contributed by atoms with Crippen LogP contribution in [0.5, 0.6) is 11.5 Å². The number of aliphatic hydroxyl groups excluding tert-OH is 1. The van der Waals surface area contributed by atoms with Crippen molar-refractivity contribution < 1.29 is 19.3 Å². The molecule has 1 aliphatic carbocycles. The highest BCUT2D eigenvalue weighted by molar-refractivity contribution is 5.50. The Kier molecular flexibility index (Phi) is 6.72. The molecule has 4 aromatic rings. The second-order valence-electron chi connectivity index (χ2n) is 9.10. The summed E-state index contributed by atoms with van der Waals surface area (Å²) < 4.78 is 17.9. The van der Waals surface area contributed by atoms with Crippen LogP contribution in [0.15, 0.2) is 91.1 Å². The molecule has 3 aromatic carbocycles. The highest BCUT2D eigenvalue weighted by Crippen LogP contribution is 2.50. The molecule has 0 atom stereocenters. The molecule has 1 fully saturated rings. The number of aliphatic hydroxyl groups is 1. The lowest BCUT2D eigenvalue weighted by Gasteiger charge is -2.37. The zero-order chi connectivity index (χ0) is 25.0. The predicted molar refractivity (Wildman–Crippen MR) is 137 cm³/mol. The molecule has 0 bridgehead atoms. The molecule has 0 aliphatic heterocycles. The molecule has 0 radical (unpaired) electrons. The van der Waals surface area contributed by atoms with Gasteiger partial charge in [-0.2, -0.15) is 0 Å². The molecule has 1 aromatic heterocycles. The summed E-state index contributed by atoms with van der Waals surface area (Å²) in [6.07, 6.45) is 3.57. The Hall–Kier alpha value is -3.74. The van der Waals surface area contributed by atoms with Gasteiger partial charge < -0.3 is 19.3 Å². The quantitative estimate of drug-likeness (QED) is 0.320. The number of benzene rings is 3. The normalized spacial score (nSPS) is 14.3. The minimum Gasteiger partial charge on any atom is -0.497 e. The van der Waals surface area contributed by atoms with E-state index in [0.29, 0.717) is 12.3 Å². The molecule has 6 heteroatoms. The molecule has 6 nitrogen and oxygen atoms in total. The molecule has 0 amide bonds. The van der Waals surface area contributed by atoms with Crippen LogP contribution in [-0.4, -0.2) is 35.9 Å². The van der Waals surface area contributed by atoms with E-state index in [1.165, 1.54) is 0 Å². The Balaban J connectivity index is 1.63. The Labute approximate surface area is 211 Å². The summed E-state index contributed by atoms with van der Waals surface area (Å²) >= 11 is 0. The van der Waals surface area contributed by atoms with Gasteiger partial charge in [0.2, 0.25) is 0 Å². The number of aromatic nitrogens is 2. The van der Waals surface area contributed by atoms with Crippen molar-refractivity contribution in [2.75, 3.05) is 20.8 Å². The number of nitrogens with zero attached hydrogens (tertiary/aromatic N) is 2. The Bertz CT molecular complexity index is 1240. The SMILES string of the molecule is COc1ccc(C(OCC2(c3nccc(CO)n3)CC2)(c2ccccc2)c2ccc(OC)cc2)cc1. The van der Waals surface area contributed by atoms with E-state index in [4.69, 9.17) is 14.2 Å². The maximum atomic E-state index is 9.60. The number of hydrogen-bond acceptors (Lipinski definition) is 6. The fourth-order valence-electron chi connectivity index (χ4n) is 4.64. The molecule has 36 heavy (non-hydrogen) atoms. The van der Waals surface area contributed by atoms with Crippen LogP contribution >= 0.6 is 0 Å². The third kappa shape index (κ3) is 4.45. The van der Waals surface area contributed by atoms with Crippen molar-refractivity contribution in [1.82, 2.24) is 9.97 Å². The molecule has 1 saturated carbocycles. The van der Waals surface area contributed by atoms with E-state index in [9.17, 15) is 5.11 Å². The Morgan fingerprint density at radius 2 is 1.33 bits per heavy atom. The zero-order valence-corrected chi connectivity index (χ0v) is 20.6. The van der Waals surface area contributed by atoms with Crippen LogP contribution in [0.1, 0.15) is 41.1 Å². The lowest BCUT2D eigenvalue weighted by atomic mass is 9.79. The highest BCUT2D eigenvalue weighted by Gasteiger charge is 2.50. The van der Waals surface area contributed by atoms with Gasteiger partial charge in [0, 0.05) is 6.20 Å². The molecular formula is C30H30N2O4. The molecule has 5 rings (SSSR count). The van der Waals surface area contributed by atoms with Crippen molar-refractivity contribution in [2.45, 2.75) is 30.5 Å². The van der Waals surface area contributed by atoms with Gasteiger partial charge in [0.05, 0.1) is 38.5 Å². The third-order valence-corrected chi connectivity index (χ3v) is 6.94. The van der Waals surface area contributed by atoms with Crippen LogP contribution in [0, 0.1) is 0 Å². The first-order valence-corrected chi connectivity index (χ1v) is 12.1. The lowest BCUT2D eigenvalue weighted by Crippen LogP contribution is -2.36. The fourth-order valence-corrected chi connectivity index (χ4v) is 4.64. The van der Waals surface area contributed by atoms with Crippen LogP contribution in [-0.2, 0) is 22.4 Å². The molecule has 1 aliphatic rings. The van der Waals surface area contributed by atoms with Gasteiger partial charge in [-0.1, -0.05) is 54.6 Å². The number of methoxy groups -OCH3 is 2. The second kappa shape index (κ2) is 10.1. The minimum atomic E-state index is -0.885. The fraction of sp³-hybridized carbons (Fsp3) is 0.267. The molecule has 1 N–H and O–H groups in total. The standard InChI is InChI=1S/C30H30N2O4/c1-34-26-12-8-23(9-13-26)30(22-6-4-3-5-7-22,24-10-14-27(35-2)15-11-24)36-21-29(17-18-29)28-31-19-16-25(20-33)32-28/h3-16,19,33H,17-18,20-21H2,1-2H3. The van der Waals surface area contributed by atoms with Gasteiger partial charge in [-0.15, -0.1) is 0 Å². The molecule has 184 valence electrons. The molecule has 1 heterocycles. The van der Waals surface area contributed by atoms with Crippen LogP contribution in [0.4, 0.5) is 0 Å². The zero-order valence-electron chi connectivity index (χ0n) is 20.6. The summed E-state index contributed by atoms with van der Waals surface area (Å²) in [5.41, 5.74) is 2.43. The monoisotopic (exact) mass is 482 g/mol. The van der Waals surface area contributed by atoms with Gasteiger partial charge in [0.25, 0.3) is 0 Å². The smallest absolute Gasteiger partial charge is 0.143 e. The summed E-state index contributed by atoms with van der Waals surface area (Å²) in [6.45, 7) is 0.312.